The normalized spacial score (nSPS) is 16.0. The summed E-state index contributed by atoms with van der Waals surface area (Å²) in [5.74, 6) is 0.328. The first kappa shape index (κ1) is 20.4. The summed E-state index contributed by atoms with van der Waals surface area (Å²) in [6.45, 7) is 5.49. The molecule has 3 rings (SSSR count). The van der Waals surface area contributed by atoms with Gasteiger partial charge in [0.1, 0.15) is 0 Å². The monoisotopic (exact) mass is 393 g/mol. The van der Waals surface area contributed by atoms with E-state index >= 15 is 0 Å². The maximum Gasteiger partial charge on any atom is 0.416 e. The molecule has 2 aromatic rings. The van der Waals surface area contributed by atoms with Gasteiger partial charge in [0.05, 0.1) is 11.1 Å². The summed E-state index contributed by atoms with van der Waals surface area (Å²) in [5.41, 5.74) is 0.405. The van der Waals surface area contributed by atoms with Crippen LogP contribution in [0.25, 0.3) is 10.9 Å². The van der Waals surface area contributed by atoms with Crippen LogP contribution < -0.4 is 5.32 Å². The van der Waals surface area contributed by atoms with E-state index in [4.69, 9.17) is 0 Å². The van der Waals surface area contributed by atoms with Gasteiger partial charge in [0.2, 0.25) is 5.91 Å². The van der Waals surface area contributed by atoms with E-state index in [9.17, 15) is 18.0 Å². The second-order valence-corrected chi connectivity index (χ2v) is 7.35. The molecule has 1 aliphatic rings. The topological polar surface area (TPSA) is 45.2 Å². The minimum atomic E-state index is -4.38. The Bertz CT molecular complexity index is 825. The molecule has 28 heavy (non-hydrogen) atoms. The quantitative estimate of drug-likeness (QED) is 0.769. The molecule has 152 valence electrons. The molecular formula is C21H26F3N3O. The Balaban J connectivity index is 1.68. The number of rotatable bonds is 5. The fourth-order valence-corrected chi connectivity index (χ4v) is 3.81. The van der Waals surface area contributed by atoms with Crippen molar-refractivity contribution in [2.75, 3.05) is 18.4 Å². The van der Waals surface area contributed by atoms with Crippen molar-refractivity contribution in [2.45, 2.75) is 51.7 Å². The van der Waals surface area contributed by atoms with Gasteiger partial charge in [-0.1, -0.05) is 19.9 Å². The van der Waals surface area contributed by atoms with Crippen molar-refractivity contribution in [3.05, 3.63) is 36.0 Å². The average molecular weight is 393 g/mol. The lowest BCUT2D eigenvalue weighted by molar-refractivity contribution is -0.138. The van der Waals surface area contributed by atoms with Crippen molar-refractivity contribution in [1.82, 2.24) is 9.88 Å². The van der Waals surface area contributed by atoms with Crippen LogP contribution in [0.2, 0.25) is 0 Å². The molecule has 0 bridgehead atoms. The number of likely N-dealkylation sites (tertiary alicyclic amines) is 1. The molecule has 1 aromatic carbocycles. The van der Waals surface area contributed by atoms with Crippen LogP contribution in [0.15, 0.2) is 30.5 Å². The summed E-state index contributed by atoms with van der Waals surface area (Å²) < 4.78 is 38.8. The van der Waals surface area contributed by atoms with E-state index in [1.165, 1.54) is 12.3 Å². The zero-order chi connectivity index (χ0) is 20.3. The van der Waals surface area contributed by atoms with Crippen molar-refractivity contribution in [2.24, 2.45) is 5.92 Å². The van der Waals surface area contributed by atoms with Gasteiger partial charge in [-0.25, -0.2) is 0 Å². The number of aromatic nitrogens is 1. The van der Waals surface area contributed by atoms with Gasteiger partial charge in [-0.2, -0.15) is 13.2 Å². The molecule has 4 nitrogen and oxygen atoms in total. The van der Waals surface area contributed by atoms with Crippen molar-refractivity contribution in [1.29, 1.82) is 0 Å². The van der Waals surface area contributed by atoms with E-state index in [0.29, 0.717) is 24.0 Å². The Kier molecular flexibility index (Phi) is 6.10. The number of nitrogens with zero attached hydrogens (tertiary/aromatic N) is 2. The van der Waals surface area contributed by atoms with Crippen molar-refractivity contribution < 1.29 is 18.0 Å². The zero-order valence-corrected chi connectivity index (χ0v) is 16.2. The standard InChI is InChI=1S/C21H26F3N3O/c1-3-14(4-2)20(28)27-11-8-16(9-12-27)26-18-7-10-25-19-13-15(21(22,23)24)5-6-17(18)19/h5-7,10,13-14,16H,3-4,8-9,11-12H2,1-2H3,(H,25,26). The van der Waals surface area contributed by atoms with E-state index in [0.717, 1.165) is 43.5 Å². The lowest BCUT2D eigenvalue weighted by Crippen LogP contribution is -2.44. The van der Waals surface area contributed by atoms with Gasteiger partial charge in [0.25, 0.3) is 0 Å². The van der Waals surface area contributed by atoms with Crippen LogP contribution in [-0.2, 0) is 11.0 Å². The molecule has 0 saturated carbocycles. The van der Waals surface area contributed by atoms with E-state index in [1.807, 2.05) is 18.7 Å². The predicted molar refractivity (Wildman–Crippen MR) is 104 cm³/mol. The Morgan fingerprint density at radius 1 is 1.21 bits per heavy atom. The third-order valence-electron chi connectivity index (χ3n) is 5.57. The van der Waals surface area contributed by atoms with E-state index < -0.39 is 11.7 Å². The summed E-state index contributed by atoms with van der Waals surface area (Å²) in [6, 6.07) is 5.61. The molecule has 0 aliphatic carbocycles. The number of benzene rings is 1. The highest BCUT2D eigenvalue weighted by Crippen LogP contribution is 2.33. The van der Waals surface area contributed by atoms with E-state index in [2.05, 4.69) is 10.3 Å². The van der Waals surface area contributed by atoms with Gasteiger partial charge in [0.15, 0.2) is 0 Å². The number of anilines is 1. The molecule has 1 aliphatic heterocycles. The van der Waals surface area contributed by atoms with E-state index in [-0.39, 0.29) is 17.9 Å². The van der Waals surface area contributed by atoms with Gasteiger partial charge >= 0.3 is 6.18 Å². The van der Waals surface area contributed by atoms with Gasteiger partial charge in [0, 0.05) is 42.3 Å². The smallest absolute Gasteiger partial charge is 0.382 e. The average Bonchev–Trinajstić information content (AvgIpc) is 2.68. The molecule has 1 N–H and O–H groups in total. The first-order chi connectivity index (χ1) is 13.3. The highest BCUT2D eigenvalue weighted by Gasteiger charge is 2.31. The molecule has 1 saturated heterocycles. The van der Waals surface area contributed by atoms with Crippen LogP contribution in [0, 0.1) is 5.92 Å². The number of hydrogen-bond acceptors (Lipinski definition) is 3. The number of alkyl halides is 3. The molecule has 0 spiro atoms. The van der Waals surface area contributed by atoms with Crippen LogP contribution in [0.5, 0.6) is 0 Å². The number of piperidine rings is 1. The number of halogens is 3. The molecule has 0 atom stereocenters. The molecule has 1 fully saturated rings. The fraction of sp³-hybridized carbons (Fsp3) is 0.524. The number of amides is 1. The SMILES string of the molecule is CCC(CC)C(=O)N1CCC(Nc2ccnc3cc(C(F)(F)F)ccc23)CC1. The van der Waals surface area contributed by atoms with Crippen molar-refractivity contribution in [3.8, 4) is 0 Å². The lowest BCUT2D eigenvalue weighted by Gasteiger charge is -2.34. The van der Waals surface area contributed by atoms with Crippen LogP contribution >= 0.6 is 0 Å². The molecule has 2 heterocycles. The largest absolute Gasteiger partial charge is 0.416 e. The Morgan fingerprint density at radius 3 is 2.50 bits per heavy atom. The van der Waals surface area contributed by atoms with Crippen LogP contribution in [0.3, 0.4) is 0 Å². The Morgan fingerprint density at radius 2 is 1.89 bits per heavy atom. The lowest BCUT2D eigenvalue weighted by atomic mass is 9.98. The van der Waals surface area contributed by atoms with Crippen molar-refractivity contribution >= 4 is 22.5 Å². The van der Waals surface area contributed by atoms with E-state index in [1.54, 1.807) is 6.07 Å². The highest BCUT2D eigenvalue weighted by molar-refractivity contribution is 5.91. The number of fused-ring (bicyclic) bond motifs is 1. The number of nitrogens with one attached hydrogen (secondary N) is 1. The Labute approximate surface area is 163 Å². The molecule has 0 unspecified atom stereocenters. The first-order valence-corrected chi connectivity index (χ1v) is 9.84. The maximum atomic E-state index is 12.9. The number of hydrogen-bond donors (Lipinski definition) is 1. The van der Waals surface area contributed by atoms with Crippen LogP contribution in [0.1, 0.15) is 45.1 Å². The third-order valence-corrected chi connectivity index (χ3v) is 5.57. The van der Waals surface area contributed by atoms with Gasteiger partial charge < -0.3 is 10.2 Å². The molecule has 1 amide bonds. The van der Waals surface area contributed by atoms with Gasteiger partial charge in [-0.3, -0.25) is 9.78 Å². The first-order valence-electron chi connectivity index (χ1n) is 9.84. The summed E-state index contributed by atoms with van der Waals surface area (Å²) in [4.78, 5) is 18.5. The minimum absolute atomic E-state index is 0.0940. The second kappa shape index (κ2) is 8.37. The molecular weight excluding hydrogens is 367 g/mol. The van der Waals surface area contributed by atoms with Crippen molar-refractivity contribution in [3.63, 3.8) is 0 Å². The van der Waals surface area contributed by atoms with Crippen LogP contribution in [-0.4, -0.2) is 34.9 Å². The zero-order valence-electron chi connectivity index (χ0n) is 16.2. The summed E-state index contributed by atoms with van der Waals surface area (Å²) >= 11 is 0. The number of carbonyl (C=O) groups excluding carboxylic acids is 1. The third kappa shape index (κ3) is 4.39. The summed E-state index contributed by atoms with van der Waals surface area (Å²) in [5, 5.41) is 4.11. The number of pyridine rings is 1. The van der Waals surface area contributed by atoms with Gasteiger partial charge in [-0.15, -0.1) is 0 Å². The Hall–Kier alpha value is -2.31. The molecule has 0 radical (unpaired) electrons. The molecule has 1 aromatic heterocycles. The highest BCUT2D eigenvalue weighted by atomic mass is 19.4. The summed E-state index contributed by atoms with van der Waals surface area (Å²) in [7, 11) is 0. The van der Waals surface area contributed by atoms with Crippen LogP contribution in [0.4, 0.5) is 18.9 Å². The predicted octanol–water partition coefficient (Wildman–Crippen LogP) is 5.09. The molecule has 7 heteroatoms. The second-order valence-electron chi connectivity index (χ2n) is 7.35. The van der Waals surface area contributed by atoms with Gasteiger partial charge in [-0.05, 0) is 43.9 Å². The summed E-state index contributed by atoms with van der Waals surface area (Å²) in [6.07, 6.45) is 0.490. The fourth-order valence-electron chi connectivity index (χ4n) is 3.81. The number of carbonyl (C=O) groups is 1. The maximum absolute atomic E-state index is 12.9. The minimum Gasteiger partial charge on any atom is -0.382 e.